The van der Waals surface area contributed by atoms with E-state index >= 15 is 0 Å². The van der Waals surface area contributed by atoms with Gasteiger partial charge in [-0.2, -0.15) is 0 Å². The van der Waals surface area contributed by atoms with E-state index in [9.17, 15) is 5.11 Å². The molecule has 0 fully saturated rings. The third kappa shape index (κ3) is 9.43. The third-order valence-corrected chi connectivity index (χ3v) is 15.9. The van der Waals surface area contributed by atoms with Crippen molar-refractivity contribution in [2.24, 2.45) is 5.10 Å². The van der Waals surface area contributed by atoms with E-state index in [0.717, 1.165) is 30.7 Å². The summed E-state index contributed by atoms with van der Waals surface area (Å²) < 4.78 is 30.7. The van der Waals surface area contributed by atoms with Crippen LogP contribution in [0.15, 0.2) is 53.6 Å². The summed E-state index contributed by atoms with van der Waals surface area (Å²) in [5.41, 5.74) is 2.19. The highest BCUT2D eigenvalue weighted by Gasteiger charge is 2.60. The van der Waals surface area contributed by atoms with Crippen molar-refractivity contribution in [1.82, 2.24) is 9.08 Å². The molecule has 1 aliphatic heterocycles. The van der Waals surface area contributed by atoms with Crippen LogP contribution in [0.25, 0.3) is 0 Å². The van der Waals surface area contributed by atoms with E-state index in [0.29, 0.717) is 12.6 Å². The molecule has 0 radical (unpaired) electrons. The number of hydrazone groups is 1. The van der Waals surface area contributed by atoms with Gasteiger partial charge in [-0.25, -0.2) is 0 Å². The summed E-state index contributed by atoms with van der Waals surface area (Å²) in [6.45, 7) is 4.65. The van der Waals surface area contributed by atoms with Gasteiger partial charge in [0.2, 0.25) is 0 Å². The first-order valence-corrected chi connectivity index (χ1v) is 18.8. The summed E-state index contributed by atoms with van der Waals surface area (Å²) in [7, 11) is 4.80. The second-order valence-corrected chi connectivity index (χ2v) is 18.3. The van der Waals surface area contributed by atoms with Gasteiger partial charge in [0, 0.05) is 54.6 Å². The fourth-order valence-electron chi connectivity index (χ4n) is 3.82. The molecule has 0 spiro atoms. The number of phenols is 1. The van der Waals surface area contributed by atoms with Crippen LogP contribution in [0.1, 0.15) is 31.4 Å². The van der Waals surface area contributed by atoms with Crippen molar-refractivity contribution in [2.45, 2.75) is 32.0 Å². The van der Waals surface area contributed by atoms with E-state index in [1.165, 1.54) is 5.56 Å². The molecule has 0 bridgehead atoms. The van der Waals surface area contributed by atoms with Gasteiger partial charge in [0.25, 0.3) is 5.34 Å². The first kappa shape index (κ1) is 32.3. The van der Waals surface area contributed by atoms with Gasteiger partial charge in [0.15, 0.2) is 27.0 Å². The molecular weight excluding hydrogens is 575 g/mol. The number of hydrogen-bond acceptors (Lipinski definition) is 9. The number of benzene rings is 2. The Labute approximate surface area is 238 Å². The van der Waals surface area contributed by atoms with Crippen molar-refractivity contribution in [3.63, 3.8) is 0 Å². The Balaban J connectivity index is 1.60. The van der Waals surface area contributed by atoms with E-state index in [1.807, 2.05) is 18.3 Å². The van der Waals surface area contributed by atoms with Gasteiger partial charge in [0.05, 0.1) is 18.8 Å². The van der Waals surface area contributed by atoms with Crippen LogP contribution >= 0.6 is 23.6 Å². The van der Waals surface area contributed by atoms with Gasteiger partial charge in [-0.05, 0) is 58.1 Å². The molecule has 0 saturated carbocycles. The average Bonchev–Trinajstić information content (AvgIpc) is 3.62. The zero-order valence-corrected chi connectivity index (χ0v) is 27.3. The van der Waals surface area contributed by atoms with Crippen molar-refractivity contribution in [3.8, 4) is 11.5 Å². The summed E-state index contributed by atoms with van der Waals surface area (Å²) in [5, 5.41) is 13.9. The normalized spacial score (nSPS) is 17.9. The molecule has 3 atom stereocenters. The molecule has 216 valence electrons. The zero-order valence-electron chi connectivity index (χ0n) is 23.8. The van der Waals surface area contributed by atoms with E-state index < -0.39 is 23.6 Å². The minimum atomic E-state index is -0.981. The molecule has 0 amide bonds. The summed E-state index contributed by atoms with van der Waals surface area (Å²) in [5.74, 6) is 1.13. The Morgan fingerprint density at radius 2 is 1.54 bits per heavy atom. The second-order valence-electron chi connectivity index (χ2n) is 8.91. The highest BCUT2D eigenvalue weighted by atomic mass is 32.6. The van der Waals surface area contributed by atoms with Crippen LogP contribution in [-0.4, -0.2) is 79.6 Å². The molecule has 0 saturated heterocycles. The maximum Gasteiger partial charge on any atom is 0.345 e. The lowest BCUT2D eigenvalue weighted by Gasteiger charge is -2.27. The fraction of sp³-hybridized carbons (Fsp3) is 0.500. The molecule has 2 aromatic rings. The van der Waals surface area contributed by atoms with Crippen molar-refractivity contribution in [2.75, 3.05) is 53.8 Å². The highest BCUT2D eigenvalue weighted by molar-refractivity contribution is 8.38. The van der Waals surface area contributed by atoms with Gasteiger partial charge in [0.1, 0.15) is 11.5 Å². The van der Waals surface area contributed by atoms with E-state index in [-0.39, 0.29) is 21.4 Å². The number of nitrogens with zero attached hydrogens (tertiary/aromatic N) is 3. The maximum absolute atomic E-state index is 9.49. The lowest BCUT2D eigenvalue weighted by Crippen LogP contribution is -2.28. The first-order valence-electron chi connectivity index (χ1n) is 12.6. The minimum absolute atomic E-state index is 0.0483. The van der Waals surface area contributed by atoms with Gasteiger partial charge < -0.3 is 27.9 Å². The van der Waals surface area contributed by atoms with Crippen LogP contribution in [0.5, 0.6) is 11.5 Å². The van der Waals surface area contributed by atoms with E-state index in [1.54, 1.807) is 40.6 Å². The van der Waals surface area contributed by atoms with Crippen molar-refractivity contribution in [3.05, 3.63) is 59.7 Å². The van der Waals surface area contributed by atoms with Gasteiger partial charge in [-0.15, -0.1) is 5.10 Å². The molecule has 39 heavy (non-hydrogen) atoms. The Bertz CT molecular complexity index is 1090. The third-order valence-electron chi connectivity index (χ3n) is 6.30. The number of ether oxygens (including phenoxy) is 1. The number of aromatic hydroxyl groups is 1. The van der Waals surface area contributed by atoms with Gasteiger partial charge >= 0.3 is 6.85 Å². The lowest BCUT2D eigenvalue weighted by atomic mass is 10.1. The van der Waals surface area contributed by atoms with Crippen molar-refractivity contribution < 1.29 is 27.9 Å². The van der Waals surface area contributed by atoms with Crippen LogP contribution in [0.3, 0.4) is 0 Å². The number of rotatable bonds is 17. The molecule has 0 aliphatic carbocycles. The minimum Gasteiger partial charge on any atom is -0.508 e. The van der Waals surface area contributed by atoms with E-state index in [2.05, 4.69) is 53.5 Å². The highest BCUT2D eigenvalue weighted by Crippen LogP contribution is 2.61. The molecule has 3 unspecified atom stereocenters. The monoisotopic (exact) mass is 616 g/mol. The second kappa shape index (κ2) is 15.7. The van der Waals surface area contributed by atoms with Crippen molar-refractivity contribution in [1.29, 1.82) is 0 Å². The Morgan fingerprint density at radius 3 is 2.05 bits per heavy atom. The summed E-state index contributed by atoms with van der Waals surface area (Å²) in [4.78, 5) is 2.28. The predicted octanol–water partition coefficient (Wildman–Crippen LogP) is 6.69. The summed E-state index contributed by atoms with van der Waals surface area (Å²) in [6, 6.07) is 15.5. The molecule has 9 nitrogen and oxygen atoms in total. The summed E-state index contributed by atoms with van der Waals surface area (Å²) in [6.07, 6.45) is 7.23. The molecular formula is C26H41N3O6P3S+. The summed E-state index contributed by atoms with van der Waals surface area (Å²) >= 11 is 0. The zero-order chi connectivity index (χ0) is 28.4. The van der Waals surface area contributed by atoms with Crippen LogP contribution < -0.4 is 4.74 Å². The van der Waals surface area contributed by atoms with Gasteiger partial charge in [-0.3, -0.25) is 4.90 Å². The fourth-order valence-corrected chi connectivity index (χ4v) is 12.8. The SMILES string of the molecule is CCC(C)(Oc1ccc(CCN(CP(OC)OC)CP(OC)OC)cc1)[P+]1=S(C)N1N=Cc1ccc(O)cc1. The smallest absolute Gasteiger partial charge is 0.345 e. The predicted molar refractivity (Wildman–Crippen MR) is 166 cm³/mol. The molecule has 1 N–H and O–H groups in total. The molecule has 3 rings (SSSR count). The number of hydrogen-bond donors (Lipinski definition) is 1. The van der Waals surface area contributed by atoms with Crippen molar-refractivity contribution >= 4 is 40.1 Å². The van der Waals surface area contributed by atoms with Crippen LogP contribution in [0.2, 0.25) is 0 Å². The standard InChI is InChI=1S/C26H40N3O6P3S/c1-8-26(2,38-29(39(38)7)27-19-23-9-13-24(30)14-10-23)35-25-15-11-22(12-16-25)17-18-28(20-36(31-3)32-4)21-37(33-5)34-6/h9-16,19H,8,17-18,20-21H2,1-7H3/p+1. The first-order chi connectivity index (χ1) is 18.8. The largest absolute Gasteiger partial charge is 0.508 e. The molecule has 2 aromatic carbocycles. The average molecular weight is 617 g/mol. The van der Waals surface area contributed by atoms with E-state index in [4.69, 9.17) is 27.9 Å². The molecule has 13 heteroatoms. The quantitative estimate of drug-likeness (QED) is 0.156. The Morgan fingerprint density at radius 1 is 0.974 bits per heavy atom. The topological polar surface area (TPSA) is 85.0 Å². The number of phenolic OH excluding ortho intramolecular Hbond substituents is 1. The van der Waals surface area contributed by atoms with Crippen LogP contribution in [0.4, 0.5) is 0 Å². The van der Waals surface area contributed by atoms with Crippen LogP contribution in [-0.2, 0) is 34.8 Å². The lowest BCUT2D eigenvalue weighted by molar-refractivity contribution is 0.175. The molecule has 1 aliphatic rings. The van der Waals surface area contributed by atoms with Gasteiger partial charge in [-0.1, -0.05) is 19.1 Å². The Kier molecular flexibility index (Phi) is 13.0. The molecule has 0 aromatic heterocycles. The Hall–Kier alpha value is -1.18. The maximum atomic E-state index is 9.49. The van der Waals surface area contributed by atoms with Crippen LogP contribution in [0, 0.1) is 0 Å². The molecule has 1 heterocycles.